The number of benzene rings is 2. The monoisotopic (exact) mass is 448 g/mol. The molecule has 1 aliphatic heterocycles. The highest BCUT2D eigenvalue weighted by atomic mass is 32.2. The third-order valence-corrected chi connectivity index (χ3v) is 6.53. The van der Waals surface area contributed by atoms with Gasteiger partial charge in [-0.15, -0.1) is 0 Å². The summed E-state index contributed by atoms with van der Waals surface area (Å²) in [4.78, 5) is 9.07. The van der Waals surface area contributed by atoms with E-state index in [1.807, 2.05) is 18.2 Å². The highest BCUT2D eigenvalue weighted by Gasteiger charge is 2.36. The molecule has 1 aliphatic rings. The van der Waals surface area contributed by atoms with Crippen LogP contribution in [-0.2, 0) is 16.2 Å². The van der Waals surface area contributed by atoms with E-state index in [0.29, 0.717) is 5.39 Å². The van der Waals surface area contributed by atoms with Crippen molar-refractivity contribution in [1.82, 2.24) is 14.3 Å². The van der Waals surface area contributed by atoms with Crippen LogP contribution in [0.25, 0.3) is 17.0 Å². The third kappa shape index (κ3) is 4.70. The molecule has 1 aromatic heterocycles. The summed E-state index contributed by atoms with van der Waals surface area (Å²) in [6.07, 6.45) is -3.15. The number of hydrogen-bond acceptors (Lipinski definition) is 5. The van der Waals surface area contributed by atoms with E-state index >= 15 is 0 Å². The van der Waals surface area contributed by atoms with Crippen LogP contribution in [-0.4, -0.2) is 48.9 Å². The second-order valence-corrected chi connectivity index (χ2v) is 8.85. The fourth-order valence-corrected chi connectivity index (χ4v) is 4.57. The SMILES string of the molecule is O=S(=O)(/C=C/c1ccccc1)N1CCN(c2nc(C(F)(F)F)nc3ccccc23)CC1. The van der Waals surface area contributed by atoms with Gasteiger partial charge in [0.15, 0.2) is 0 Å². The van der Waals surface area contributed by atoms with E-state index in [0.717, 1.165) is 11.0 Å². The molecule has 2 heterocycles. The normalized spacial score (nSPS) is 16.3. The molecule has 4 rings (SSSR count). The van der Waals surface area contributed by atoms with Crippen molar-refractivity contribution in [3.63, 3.8) is 0 Å². The van der Waals surface area contributed by atoms with Crippen molar-refractivity contribution in [2.24, 2.45) is 0 Å². The van der Waals surface area contributed by atoms with E-state index in [-0.39, 0.29) is 37.5 Å². The molecule has 0 aliphatic carbocycles. The molecule has 31 heavy (non-hydrogen) atoms. The zero-order valence-corrected chi connectivity index (χ0v) is 17.1. The minimum atomic E-state index is -4.67. The predicted molar refractivity (Wildman–Crippen MR) is 113 cm³/mol. The summed E-state index contributed by atoms with van der Waals surface area (Å²) in [5.41, 5.74) is 0.956. The van der Waals surface area contributed by atoms with Crippen molar-refractivity contribution in [1.29, 1.82) is 0 Å². The molecule has 0 unspecified atom stereocenters. The van der Waals surface area contributed by atoms with E-state index in [2.05, 4.69) is 9.97 Å². The summed E-state index contributed by atoms with van der Waals surface area (Å²) in [5, 5.41) is 1.65. The van der Waals surface area contributed by atoms with Gasteiger partial charge in [0.05, 0.1) is 5.52 Å². The molecule has 162 valence electrons. The van der Waals surface area contributed by atoms with Gasteiger partial charge in [-0.3, -0.25) is 0 Å². The first-order valence-corrected chi connectivity index (χ1v) is 11.1. The van der Waals surface area contributed by atoms with Gasteiger partial charge in [-0.25, -0.2) is 18.4 Å². The molecular formula is C21H19F3N4O2S. The minimum Gasteiger partial charge on any atom is -0.353 e. The average molecular weight is 448 g/mol. The van der Waals surface area contributed by atoms with Crippen LogP contribution >= 0.6 is 0 Å². The largest absolute Gasteiger partial charge is 0.451 e. The number of piperazine rings is 1. The van der Waals surface area contributed by atoms with Crippen LogP contribution in [0.3, 0.4) is 0 Å². The number of para-hydroxylation sites is 1. The third-order valence-electron chi connectivity index (χ3n) is 4.97. The molecule has 2 aromatic carbocycles. The number of rotatable bonds is 4. The standard InChI is InChI=1S/C21H19F3N4O2S/c22-21(23,24)20-25-18-9-5-4-8-17(18)19(26-20)27-11-13-28(14-12-27)31(29,30)15-10-16-6-2-1-3-7-16/h1-10,15H,11-14H2/b15-10+. The van der Waals surface area contributed by atoms with Crippen molar-refractivity contribution >= 4 is 32.8 Å². The second-order valence-electron chi connectivity index (χ2n) is 7.03. The summed E-state index contributed by atoms with van der Waals surface area (Å²) in [6.45, 7) is 0.718. The molecule has 0 atom stereocenters. The molecule has 1 fully saturated rings. The van der Waals surface area contributed by atoms with Crippen molar-refractivity contribution in [2.75, 3.05) is 31.1 Å². The Morgan fingerprint density at radius 2 is 1.52 bits per heavy atom. The summed E-state index contributed by atoms with van der Waals surface area (Å²) >= 11 is 0. The number of fused-ring (bicyclic) bond motifs is 1. The van der Waals surface area contributed by atoms with Gasteiger partial charge in [-0.2, -0.15) is 17.5 Å². The molecule has 0 saturated carbocycles. The molecule has 0 N–H and O–H groups in total. The first kappa shape index (κ1) is 21.3. The maximum Gasteiger partial charge on any atom is 0.451 e. The Morgan fingerprint density at radius 1 is 0.871 bits per heavy atom. The number of nitrogens with zero attached hydrogens (tertiary/aromatic N) is 4. The van der Waals surface area contributed by atoms with Gasteiger partial charge in [0.25, 0.3) is 0 Å². The Hall–Kier alpha value is -2.98. The van der Waals surface area contributed by atoms with Gasteiger partial charge in [-0.1, -0.05) is 42.5 Å². The van der Waals surface area contributed by atoms with Crippen molar-refractivity contribution < 1.29 is 21.6 Å². The maximum atomic E-state index is 13.3. The maximum absolute atomic E-state index is 13.3. The lowest BCUT2D eigenvalue weighted by Crippen LogP contribution is -2.48. The molecule has 0 bridgehead atoms. The van der Waals surface area contributed by atoms with Crippen LogP contribution < -0.4 is 4.90 Å². The highest BCUT2D eigenvalue weighted by molar-refractivity contribution is 7.92. The second kappa shape index (κ2) is 8.27. The lowest BCUT2D eigenvalue weighted by atomic mass is 10.2. The van der Waals surface area contributed by atoms with Crippen LogP contribution in [0.4, 0.5) is 19.0 Å². The summed E-state index contributed by atoms with van der Waals surface area (Å²) < 4.78 is 66.4. The zero-order chi connectivity index (χ0) is 22.1. The Labute approximate surface area is 177 Å². The predicted octanol–water partition coefficient (Wildman–Crippen LogP) is 3.77. The van der Waals surface area contributed by atoms with Crippen molar-refractivity contribution in [2.45, 2.75) is 6.18 Å². The molecular weight excluding hydrogens is 429 g/mol. The van der Waals surface area contributed by atoms with Crippen LogP contribution in [0.2, 0.25) is 0 Å². The van der Waals surface area contributed by atoms with E-state index in [1.54, 1.807) is 35.2 Å². The number of alkyl halides is 3. The lowest BCUT2D eigenvalue weighted by Gasteiger charge is -2.34. The molecule has 0 spiro atoms. The Morgan fingerprint density at radius 3 is 2.19 bits per heavy atom. The number of aromatic nitrogens is 2. The Kier molecular flexibility index (Phi) is 5.67. The number of halogens is 3. The van der Waals surface area contributed by atoms with E-state index in [4.69, 9.17) is 0 Å². The van der Waals surface area contributed by atoms with E-state index < -0.39 is 22.0 Å². The molecule has 10 heteroatoms. The van der Waals surface area contributed by atoms with Crippen LogP contribution in [0.1, 0.15) is 11.4 Å². The van der Waals surface area contributed by atoms with Crippen molar-refractivity contribution in [3.8, 4) is 0 Å². The van der Waals surface area contributed by atoms with Gasteiger partial charge in [-0.05, 0) is 23.8 Å². The van der Waals surface area contributed by atoms with Crippen LogP contribution in [0, 0.1) is 0 Å². The van der Waals surface area contributed by atoms with E-state index in [9.17, 15) is 21.6 Å². The highest BCUT2D eigenvalue weighted by Crippen LogP contribution is 2.32. The van der Waals surface area contributed by atoms with Crippen LogP contribution in [0.5, 0.6) is 0 Å². The first-order chi connectivity index (χ1) is 14.7. The lowest BCUT2D eigenvalue weighted by molar-refractivity contribution is -0.144. The fourth-order valence-electron chi connectivity index (χ4n) is 3.40. The van der Waals surface area contributed by atoms with Gasteiger partial charge < -0.3 is 4.90 Å². The summed E-state index contributed by atoms with van der Waals surface area (Å²) in [5.74, 6) is -1.04. The molecule has 1 saturated heterocycles. The fraction of sp³-hybridized carbons (Fsp3) is 0.238. The minimum absolute atomic E-state index is 0.140. The van der Waals surface area contributed by atoms with Crippen molar-refractivity contribution in [3.05, 3.63) is 71.4 Å². The van der Waals surface area contributed by atoms with Crippen LogP contribution in [0.15, 0.2) is 60.0 Å². The van der Waals surface area contributed by atoms with Gasteiger partial charge in [0.1, 0.15) is 5.82 Å². The number of sulfonamides is 1. The molecule has 0 radical (unpaired) electrons. The quantitative estimate of drug-likeness (QED) is 0.608. The summed E-state index contributed by atoms with van der Waals surface area (Å²) in [7, 11) is -3.65. The smallest absolute Gasteiger partial charge is 0.353 e. The number of anilines is 1. The topological polar surface area (TPSA) is 66.4 Å². The first-order valence-electron chi connectivity index (χ1n) is 9.56. The average Bonchev–Trinajstić information content (AvgIpc) is 2.77. The summed E-state index contributed by atoms with van der Waals surface area (Å²) in [6, 6.07) is 15.5. The molecule has 6 nitrogen and oxygen atoms in total. The van der Waals surface area contributed by atoms with Gasteiger partial charge in [0.2, 0.25) is 15.8 Å². The molecule has 0 amide bonds. The zero-order valence-electron chi connectivity index (χ0n) is 16.3. The Bertz CT molecular complexity index is 1210. The Balaban J connectivity index is 1.55. The van der Waals surface area contributed by atoms with Gasteiger partial charge in [0, 0.05) is 37.0 Å². The van der Waals surface area contributed by atoms with Gasteiger partial charge >= 0.3 is 6.18 Å². The number of hydrogen-bond donors (Lipinski definition) is 0. The molecule has 3 aromatic rings. The van der Waals surface area contributed by atoms with E-state index in [1.165, 1.54) is 16.4 Å².